The van der Waals surface area contributed by atoms with Crippen molar-refractivity contribution < 1.29 is 14.0 Å². The molecule has 0 saturated heterocycles. The number of aromatic nitrogens is 2. The number of nitrogens with zero attached hydrogens (tertiary/aromatic N) is 2. The first-order valence-corrected chi connectivity index (χ1v) is 7.18. The first-order valence-electron chi connectivity index (χ1n) is 7.18. The summed E-state index contributed by atoms with van der Waals surface area (Å²) in [4.78, 5) is 4.25. The van der Waals surface area contributed by atoms with Gasteiger partial charge in [-0.15, -0.1) is 0 Å². The first kappa shape index (κ1) is 15.1. The fraction of sp³-hybridized carbons (Fsp3) is 0.176. The van der Waals surface area contributed by atoms with Gasteiger partial charge in [0.25, 0.3) is 0 Å². The fourth-order valence-corrected chi connectivity index (χ4v) is 2.18. The quantitative estimate of drug-likeness (QED) is 0.753. The van der Waals surface area contributed by atoms with Crippen molar-refractivity contribution in [1.82, 2.24) is 10.1 Å². The van der Waals surface area contributed by atoms with Gasteiger partial charge >= 0.3 is 0 Å². The average molecular weight is 311 g/mol. The van der Waals surface area contributed by atoms with Crippen LogP contribution in [0.4, 0.5) is 0 Å². The van der Waals surface area contributed by atoms with Crippen molar-refractivity contribution in [3.05, 3.63) is 60.0 Å². The summed E-state index contributed by atoms with van der Waals surface area (Å²) in [6.07, 6.45) is 0. The fourth-order valence-electron chi connectivity index (χ4n) is 2.18. The van der Waals surface area contributed by atoms with E-state index in [1.54, 1.807) is 7.11 Å². The summed E-state index contributed by atoms with van der Waals surface area (Å²) < 4.78 is 16.4. The predicted octanol–water partition coefficient (Wildman–Crippen LogP) is 2.78. The van der Waals surface area contributed by atoms with Crippen LogP contribution < -0.4 is 15.2 Å². The van der Waals surface area contributed by atoms with E-state index in [0.29, 0.717) is 35.4 Å². The lowest BCUT2D eigenvalue weighted by molar-refractivity contribution is 0.285. The highest BCUT2D eigenvalue weighted by atomic mass is 16.5. The molecule has 3 rings (SSSR count). The molecule has 6 heteroatoms. The smallest absolute Gasteiger partial charge is 0.240 e. The van der Waals surface area contributed by atoms with Gasteiger partial charge in [0.05, 0.1) is 19.2 Å². The lowest BCUT2D eigenvalue weighted by atomic mass is 10.1. The highest BCUT2D eigenvalue weighted by molar-refractivity contribution is 5.68. The van der Waals surface area contributed by atoms with Crippen LogP contribution in [-0.2, 0) is 13.2 Å². The predicted molar refractivity (Wildman–Crippen MR) is 85.0 cm³/mol. The molecule has 0 aliphatic carbocycles. The minimum atomic E-state index is 0.192. The van der Waals surface area contributed by atoms with Crippen LogP contribution in [0.3, 0.4) is 0 Å². The topological polar surface area (TPSA) is 83.4 Å². The molecule has 0 amide bonds. The van der Waals surface area contributed by atoms with Gasteiger partial charge in [-0.2, -0.15) is 4.98 Å². The maximum atomic E-state index is 5.96. The van der Waals surface area contributed by atoms with Gasteiger partial charge in [-0.3, -0.25) is 0 Å². The van der Waals surface area contributed by atoms with Crippen LogP contribution in [0.1, 0.15) is 11.5 Å². The summed E-state index contributed by atoms with van der Waals surface area (Å²) in [6, 6.07) is 15.4. The molecule has 3 aromatic rings. The van der Waals surface area contributed by atoms with E-state index < -0.39 is 0 Å². The van der Waals surface area contributed by atoms with E-state index in [2.05, 4.69) is 10.1 Å². The number of hydrogen-bond acceptors (Lipinski definition) is 6. The number of benzene rings is 2. The molecule has 6 nitrogen and oxygen atoms in total. The second-order valence-corrected chi connectivity index (χ2v) is 4.83. The maximum Gasteiger partial charge on any atom is 0.240 e. The van der Waals surface area contributed by atoms with Crippen LogP contribution in [0.25, 0.3) is 11.4 Å². The van der Waals surface area contributed by atoms with Crippen LogP contribution in [-0.4, -0.2) is 17.3 Å². The van der Waals surface area contributed by atoms with Crippen molar-refractivity contribution in [2.45, 2.75) is 13.2 Å². The van der Waals surface area contributed by atoms with E-state index in [0.717, 1.165) is 5.56 Å². The Labute approximate surface area is 133 Å². The van der Waals surface area contributed by atoms with Crippen LogP contribution in [0.2, 0.25) is 0 Å². The molecule has 0 bridgehead atoms. The Bertz CT molecular complexity index is 772. The molecule has 23 heavy (non-hydrogen) atoms. The van der Waals surface area contributed by atoms with E-state index in [4.69, 9.17) is 19.7 Å². The number of hydrogen-bond donors (Lipinski definition) is 1. The van der Waals surface area contributed by atoms with E-state index in [1.807, 2.05) is 48.5 Å². The highest BCUT2D eigenvalue weighted by Gasteiger charge is 2.17. The lowest BCUT2D eigenvalue weighted by Gasteiger charge is -2.13. The standard InChI is InChI=1S/C17H17N3O3/c1-21-14-9-5-8-13(17-19-15(10-18)23-20-17)16(14)22-11-12-6-3-2-4-7-12/h2-9H,10-11,18H2,1H3. The van der Waals surface area contributed by atoms with Gasteiger partial charge in [-0.25, -0.2) is 0 Å². The average Bonchev–Trinajstić information content (AvgIpc) is 3.09. The van der Waals surface area contributed by atoms with E-state index in [-0.39, 0.29) is 6.54 Å². The second-order valence-electron chi connectivity index (χ2n) is 4.83. The van der Waals surface area contributed by atoms with Gasteiger partial charge in [-0.05, 0) is 17.7 Å². The Morgan fingerprint density at radius 1 is 1.09 bits per heavy atom. The molecule has 0 saturated carbocycles. The molecule has 0 aliphatic rings. The third-order valence-corrected chi connectivity index (χ3v) is 3.31. The van der Waals surface area contributed by atoms with E-state index in [1.165, 1.54) is 0 Å². The van der Waals surface area contributed by atoms with Crippen LogP contribution in [0.15, 0.2) is 53.1 Å². The zero-order valence-corrected chi connectivity index (χ0v) is 12.7. The third-order valence-electron chi connectivity index (χ3n) is 3.31. The Kier molecular flexibility index (Phi) is 4.54. The zero-order chi connectivity index (χ0) is 16.1. The maximum absolute atomic E-state index is 5.96. The van der Waals surface area contributed by atoms with Crippen molar-refractivity contribution in [2.24, 2.45) is 5.73 Å². The number of nitrogens with two attached hydrogens (primary N) is 1. The molecule has 0 spiro atoms. The van der Waals surface area contributed by atoms with Crippen molar-refractivity contribution >= 4 is 0 Å². The van der Waals surface area contributed by atoms with Crippen LogP contribution in [0, 0.1) is 0 Å². The Morgan fingerprint density at radius 2 is 1.91 bits per heavy atom. The summed E-state index contributed by atoms with van der Waals surface area (Å²) in [6.45, 7) is 0.604. The second kappa shape index (κ2) is 6.93. The third kappa shape index (κ3) is 3.32. The SMILES string of the molecule is COc1cccc(-c2noc(CN)n2)c1OCc1ccccc1. The molecule has 1 heterocycles. The molecule has 118 valence electrons. The summed E-state index contributed by atoms with van der Waals surface area (Å²) in [5.41, 5.74) is 7.27. The number of rotatable bonds is 6. The molecule has 1 aromatic heterocycles. The van der Waals surface area contributed by atoms with Gasteiger partial charge in [-0.1, -0.05) is 41.6 Å². The Balaban J connectivity index is 1.93. The number of methoxy groups -OCH3 is 1. The molecule has 0 unspecified atom stereocenters. The van der Waals surface area contributed by atoms with Gasteiger partial charge in [0.2, 0.25) is 11.7 Å². The van der Waals surface area contributed by atoms with Crippen molar-refractivity contribution in [3.63, 3.8) is 0 Å². The largest absolute Gasteiger partial charge is 0.493 e. The number of ether oxygens (including phenoxy) is 2. The van der Waals surface area contributed by atoms with Gasteiger partial charge in [0, 0.05) is 0 Å². The zero-order valence-electron chi connectivity index (χ0n) is 12.7. The molecular formula is C17H17N3O3. The molecule has 0 aliphatic heterocycles. The summed E-state index contributed by atoms with van der Waals surface area (Å²) in [5, 5.41) is 3.95. The lowest BCUT2D eigenvalue weighted by Crippen LogP contribution is -2.00. The summed E-state index contributed by atoms with van der Waals surface area (Å²) in [7, 11) is 1.59. The van der Waals surface area contributed by atoms with Gasteiger partial charge < -0.3 is 19.7 Å². The van der Waals surface area contributed by atoms with Crippen molar-refractivity contribution in [1.29, 1.82) is 0 Å². The van der Waals surface area contributed by atoms with Crippen molar-refractivity contribution in [3.8, 4) is 22.9 Å². The molecule has 0 radical (unpaired) electrons. The van der Waals surface area contributed by atoms with Crippen LogP contribution in [0.5, 0.6) is 11.5 Å². The van der Waals surface area contributed by atoms with Crippen molar-refractivity contribution in [2.75, 3.05) is 7.11 Å². The monoisotopic (exact) mass is 311 g/mol. The van der Waals surface area contributed by atoms with Gasteiger partial charge in [0.1, 0.15) is 6.61 Å². The Hall–Kier alpha value is -2.86. The van der Waals surface area contributed by atoms with E-state index in [9.17, 15) is 0 Å². The summed E-state index contributed by atoms with van der Waals surface area (Å²) >= 11 is 0. The highest BCUT2D eigenvalue weighted by Crippen LogP contribution is 2.37. The summed E-state index contributed by atoms with van der Waals surface area (Å²) in [5.74, 6) is 1.98. The molecule has 0 fully saturated rings. The normalized spacial score (nSPS) is 10.5. The minimum Gasteiger partial charge on any atom is -0.493 e. The molecular weight excluding hydrogens is 294 g/mol. The number of para-hydroxylation sites is 1. The molecule has 2 N–H and O–H groups in total. The Morgan fingerprint density at radius 3 is 2.61 bits per heavy atom. The molecule has 2 aromatic carbocycles. The molecule has 0 atom stereocenters. The van der Waals surface area contributed by atoms with Gasteiger partial charge in [0.15, 0.2) is 11.5 Å². The first-order chi connectivity index (χ1) is 11.3. The van der Waals surface area contributed by atoms with E-state index >= 15 is 0 Å². The van der Waals surface area contributed by atoms with Crippen LogP contribution >= 0.6 is 0 Å². The minimum absolute atomic E-state index is 0.192.